The highest BCUT2D eigenvalue weighted by Crippen LogP contribution is 2.20. The van der Waals surface area contributed by atoms with Crippen molar-refractivity contribution in [1.82, 2.24) is 20.0 Å². The first kappa shape index (κ1) is 19.2. The van der Waals surface area contributed by atoms with Crippen molar-refractivity contribution < 1.29 is 4.39 Å². The molecule has 2 aromatic rings. The second kappa shape index (κ2) is 8.88. The Kier molecular flexibility index (Phi) is 6.32. The van der Waals surface area contributed by atoms with E-state index in [1.54, 1.807) is 6.07 Å². The molecule has 1 aliphatic heterocycles. The molecule has 27 heavy (non-hydrogen) atoms. The van der Waals surface area contributed by atoms with Crippen LogP contribution in [-0.2, 0) is 6.54 Å². The van der Waals surface area contributed by atoms with E-state index in [2.05, 4.69) is 38.2 Å². The molecule has 0 aliphatic carbocycles. The van der Waals surface area contributed by atoms with Crippen molar-refractivity contribution in [3.8, 4) is 0 Å². The quantitative estimate of drug-likeness (QED) is 0.498. The summed E-state index contributed by atoms with van der Waals surface area (Å²) in [7, 11) is 1.81. The van der Waals surface area contributed by atoms with Gasteiger partial charge in [0.25, 0.3) is 0 Å². The number of nitrogens with zero attached hydrogens (tertiary/aromatic N) is 5. The third-order valence-corrected chi connectivity index (χ3v) is 4.92. The van der Waals surface area contributed by atoms with Crippen LogP contribution in [-0.4, -0.2) is 60.4 Å². The van der Waals surface area contributed by atoms with Gasteiger partial charge in [-0.05, 0) is 38.5 Å². The smallest absolute Gasteiger partial charge is 0.193 e. The Morgan fingerprint density at radius 3 is 2.56 bits per heavy atom. The molecule has 1 aromatic carbocycles. The molecule has 0 spiro atoms. The van der Waals surface area contributed by atoms with Gasteiger partial charge in [-0.15, -0.1) is 0 Å². The molecule has 0 unspecified atom stereocenters. The molecule has 1 saturated heterocycles. The summed E-state index contributed by atoms with van der Waals surface area (Å²) in [6.45, 7) is 9.06. The number of aryl methyl sites for hydroxylation is 3. The SMILES string of the molecule is CN=C(NCCCn1nc(C)cc1C)N1CCN(c2ccccc2F)CC1. The number of halogens is 1. The van der Waals surface area contributed by atoms with Crippen LogP contribution in [0.15, 0.2) is 35.3 Å². The van der Waals surface area contributed by atoms with Gasteiger partial charge >= 0.3 is 0 Å². The number of rotatable bonds is 5. The fourth-order valence-corrected chi connectivity index (χ4v) is 3.53. The summed E-state index contributed by atoms with van der Waals surface area (Å²) in [5.74, 6) is 0.758. The number of piperazine rings is 1. The lowest BCUT2D eigenvalue weighted by molar-refractivity contribution is 0.370. The molecule has 0 saturated carbocycles. The number of aromatic nitrogens is 2. The number of hydrogen-bond acceptors (Lipinski definition) is 3. The average Bonchev–Trinajstić information content (AvgIpc) is 3.00. The van der Waals surface area contributed by atoms with E-state index in [0.717, 1.165) is 57.3 Å². The predicted octanol–water partition coefficient (Wildman–Crippen LogP) is 2.43. The van der Waals surface area contributed by atoms with Gasteiger partial charge in [-0.3, -0.25) is 9.67 Å². The molecule has 2 heterocycles. The molecule has 0 atom stereocenters. The number of hydrogen-bond donors (Lipinski definition) is 1. The molecule has 146 valence electrons. The minimum absolute atomic E-state index is 0.155. The summed E-state index contributed by atoms with van der Waals surface area (Å²) in [6, 6.07) is 9.07. The second-order valence-electron chi connectivity index (χ2n) is 6.90. The number of aliphatic imine (C=N–C) groups is 1. The van der Waals surface area contributed by atoms with E-state index in [1.165, 1.54) is 11.8 Å². The summed E-state index contributed by atoms with van der Waals surface area (Å²) < 4.78 is 16.0. The zero-order chi connectivity index (χ0) is 19.2. The zero-order valence-electron chi connectivity index (χ0n) is 16.5. The third-order valence-electron chi connectivity index (χ3n) is 4.92. The monoisotopic (exact) mass is 372 g/mol. The lowest BCUT2D eigenvalue weighted by Gasteiger charge is -2.37. The minimum Gasteiger partial charge on any atom is -0.366 e. The molecule has 1 N–H and O–H groups in total. The van der Waals surface area contributed by atoms with Crippen LogP contribution in [0.5, 0.6) is 0 Å². The van der Waals surface area contributed by atoms with E-state index in [4.69, 9.17) is 0 Å². The number of benzene rings is 1. The van der Waals surface area contributed by atoms with Crippen LogP contribution in [0, 0.1) is 19.7 Å². The van der Waals surface area contributed by atoms with Crippen molar-refractivity contribution in [2.24, 2.45) is 4.99 Å². The van der Waals surface area contributed by atoms with Gasteiger partial charge in [0.05, 0.1) is 11.4 Å². The van der Waals surface area contributed by atoms with Crippen molar-refractivity contribution in [1.29, 1.82) is 0 Å². The minimum atomic E-state index is -0.155. The highest BCUT2D eigenvalue weighted by molar-refractivity contribution is 5.80. The van der Waals surface area contributed by atoms with Crippen LogP contribution >= 0.6 is 0 Å². The zero-order valence-corrected chi connectivity index (χ0v) is 16.5. The Morgan fingerprint density at radius 1 is 1.19 bits per heavy atom. The van der Waals surface area contributed by atoms with Crippen LogP contribution in [0.3, 0.4) is 0 Å². The molecule has 3 rings (SSSR count). The molecule has 0 bridgehead atoms. The van der Waals surface area contributed by atoms with Crippen LogP contribution in [0.2, 0.25) is 0 Å². The third kappa shape index (κ3) is 4.78. The maximum atomic E-state index is 14.0. The Hall–Kier alpha value is -2.57. The summed E-state index contributed by atoms with van der Waals surface area (Å²) in [5, 5.41) is 7.94. The van der Waals surface area contributed by atoms with Gasteiger partial charge in [0.15, 0.2) is 5.96 Å². The first-order valence-electron chi connectivity index (χ1n) is 9.54. The lowest BCUT2D eigenvalue weighted by atomic mass is 10.2. The van der Waals surface area contributed by atoms with Crippen molar-refractivity contribution in [3.63, 3.8) is 0 Å². The second-order valence-corrected chi connectivity index (χ2v) is 6.90. The maximum Gasteiger partial charge on any atom is 0.193 e. The average molecular weight is 372 g/mol. The molecule has 1 aromatic heterocycles. The van der Waals surface area contributed by atoms with E-state index in [0.29, 0.717) is 5.69 Å². The largest absolute Gasteiger partial charge is 0.366 e. The van der Waals surface area contributed by atoms with E-state index in [1.807, 2.05) is 30.8 Å². The topological polar surface area (TPSA) is 48.7 Å². The van der Waals surface area contributed by atoms with Gasteiger partial charge in [0.2, 0.25) is 0 Å². The lowest BCUT2D eigenvalue weighted by Crippen LogP contribution is -2.52. The van der Waals surface area contributed by atoms with Crippen LogP contribution in [0.1, 0.15) is 17.8 Å². The van der Waals surface area contributed by atoms with E-state index < -0.39 is 0 Å². The fourth-order valence-electron chi connectivity index (χ4n) is 3.53. The van der Waals surface area contributed by atoms with Crippen molar-refractivity contribution >= 4 is 11.6 Å². The van der Waals surface area contributed by atoms with Gasteiger partial charge in [-0.25, -0.2) is 4.39 Å². The standard InChI is InChI=1S/C20H29FN6/c1-16-15-17(2)27(24-16)10-6-9-23-20(22-3)26-13-11-25(12-14-26)19-8-5-4-7-18(19)21/h4-5,7-8,15H,6,9-14H2,1-3H3,(H,22,23). The van der Waals surface area contributed by atoms with Gasteiger partial charge in [-0.1, -0.05) is 12.1 Å². The molecular weight excluding hydrogens is 343 g/mol. The molecule has 0 amide bonds. The van der Waals surface area contributed by atoms with Crippen molar-refractivity contribution in [2.45, 2.75) is 26.8 Å². The Labute approximate surface area is 160 Å². The van der Waals surface area contributed by atoms with E-state index >= 15 is 0 Å². The number of nitrogens with one attached hydrogen (secondary N) is 1. The molecule has 6 nitrogen and oxygen atoms in total. The maximum absolute atomic E-state index is 14.0. The first-order chi connectivity index (χ1) is 13.1. The van der Waals surface area contributed by atoms with Gasteiger partial charge in [0.1, 0.15) is 5.82 Å². The first-order valence-corrected chi connectivity index (χ1v) is 9.54. The van der Waals surface area contributed by atoms with E-state index in [9.17, 15) is 4.39 Å². The molecule has 0 radical (unpaired) electrons. The number of anilines is 1. The van der Waals surface area contributed by atoms with Crippen LogP contribution in [0.25, 0.3) is 0 Å². The van der Waals surface area contributed by atoms with Crippen LogP contribution < -0.4 is 10.2 Å². The predicted molar refractivity (Wildman–Crippen MR) is 108 cm³/mol. The van der Waals surface area contributed by atoms with Crippen molar-refractivity contribution in [3.05, 3.63) is 47.5 Å². The van der Waals surface area contributed by atoms with Gasteiger partial charge in [-0.2, -0.15) is 5.10 Å². The summed E-state index contributed by atoms with van der Waals surface area (Å²) in [6.07, 6.45) is 0.982. The Balaban J connectivity index is 1.45. The number of para-hydroxylation sites is 1. The van der Waals surface area contributed by atoms with Gasteiger partial charge in [0, 0.05) is 52.0 Å². The molecule has 1 aliphatic rings. The fraction of sp³-hybridized carbons (Fsp3) is 0.500. The summed E-state index contributed by atoms with van der Waals surface area (Å²) in [5.41, 5.74) is 2.94. The Morgan fingerprint density at radius 2 is 1.93 bits per heavy atom. The number of guanidine groups is 1. The molecule has 7 heteroatoms. The summed E-state index contributed by atoms with van der Waals surface area (Å²) in [4.78, 5) is 8.75. The normalized spacial score (nSPS) is 15.3. The van der Waals surface area contributed by atoms with Gasteiger partial charge < -0.3 is 15.1 Å². The van der Waals surface area contributed by atoms with Crippen LogP contribution in [0.4, 0.5) is 10.1 Å². The molecular formula is C20H29FN6. The highest BCUT2D eigenvalue weighted by Gasteiger charge is 2.21. The molecule has 1 fully saturated rings. The Bertz CT molecular complexity index is 777. The van der Waals surface area contributed by atoms with Crippen molar-refractivity contribution in [2.75, 3.05) is 44.7 Å². The highest BCUT2D eigenvalue weighted by atomic mass is 19.1. The summed E-state index contributed by atoms with van der Waals surface area (Å²) >= 11 is 0. The van der Waals surface area contributed by atoms with E-state index in [-0.39, 0.29) is 5.82 Å².